The quantitative estimate of drug-likeness (QED) is 0.872. The Morgan fingerprint density at radius 2 is 2.05 bits per heavy atom. The molecule has 1 N–H and O–H groups in total. The molecule has 0 aromatic heterocycles. The lowest BCUT2D eigenvalue weighted by molar-refractivity contribution is 0.111. The Kier molecular flexibility index (Phi) is 5.41. The molecule has 1 aliphatic rings. The van der Waals surface area contributed by atoms with E-state index in [1.165, 1.54) is 31.5 Å². The van der Waals surface area contributed by atoms with Crippen LogP contribution in [0.2, 0.25) is 0 Å². The Hall–Kier alpha value is -0.860. The standard InChI is InChI=1S/C17H28N2/c1-4-11-18-17-10-12-19(13-14(17)2)15(3)16-8-6-5-7-9-16/h5-9,14-15,17-18H,4,10-13H2,1-3H3. The molecule has 0 spiro atoms. The summed E-state index contributed by atoms with van der Waals surface area (Å²) in [7, 11) is 0. The van der Waals surface area contributed by atoms with Crippen LogP contribution in [0.25, 0.3) is 0 Å². The molecule has 1 saturated heterocycles. The van der Waals surface area contributed by atoms with Crippen LogP contribution in [0.1, 0.15) is 45.2 Å². The van der Waals surface area contributed by atoms with Crippen LogP contribution < -0.4 is 5.32 Å². The van der Waals surface area contributed by atoms with Crippen LogP contribution in [0.3, 0.4) is 0 Å². The minimum atomic E-state index is 0.538. The Morgan fingerprint density at radius 1 is 1.32 bits per heavy atom. The number of rotatable bonds is 5. The van der Waals surface area contributed by atoms with Crippen molar-refractivity contribution in [3.05, 3.63) is 35.9 Å². The Balaban J connectivity index is 1.91. The topological polar surface area (TPSA) is 15.3 Å². The van der Waals surface area contributed by atoms with E-state index in [9.17, 15) is 0 Å². The van der Waals surface area contributed by atoms with Gasteiger partial charge in [0.2, 0.25) is 0 Å². The van der Waals surface area contributed by atoms with Gasteiger partial charge in [-0.2, -0.15) is 0 Å². The summed E-state index contributed by atoms with van der Waals surface area (Å²) in [6.07, 6.45) is 2.51. The molecule has 0 amide bonds. The zero-order valence-corrected chi connectivity index (χ0v) is 12.6. The van der Waals surface area contributed by atoms with Gasteiger partial charge in [-0.05, 0) is 37.8 Å². The van der Waals surface area contributed by atoms with Gasteiger partial charge in [-0.1, -0.05) is 44.2 Å². The fourth-order valence-electron chi connectivity index (χ4n) is 3.10. The van der Waals surface area contributed by atoms with E-state index in [1.807, 2.05) is 0 Å². The van der Waals surface area contributed by atoms with Crippen molar-refractivity contribution in [1.82, 2.24) is 10.2 Å². The van der Waals surface area contributed by atoms with Gasteiger partial charge in [0.1, 0.15) is 0 Å². The molecule has 3 unspecified atom stereocenters. The van der Waals surface area contributed by atoms with Gasteiger partial charge in [0.05, 0.1) is 0 Å². The van der Waals surface area contributed by atoms with Crippen LogP contribution in [-0.2, 0) is 0 Å². The van der Waals surface area contributed by atoms with Gasteiger partial charge >= 0.3 is 0 Å². The second-order valence-electron chi connectivity index (χ2n) is 5.91. The summed E-state index contributed by atoms with van der Waals surface area (Å²) in [6.45, 7) is 10.5. The number of hydrogen-bond acceptors (Lipinski definition) is 2. The van der Waals surface area contributed by atoms with Crippen LogP contribution in [0.15, 0.2) is 30.3 Å². The van der Waals surface area contributed by atoms with E-state index in [0.29, 0.717) is 12.1 Å². The minimum Gasteiger partial charge on any atom is -0.314 e. The lowest BCUT2D eigenvalue weighted by atomic mass is 9.91. The highest BCUT2D eigenvalue weighted by Gasteiger charge is 2.28. The largest absolute Gasteiger partial charge is 0.314 e. The van der Waals surface area contributed by atoms with E-state index < -0.39 is 0 Å². The summed E-state index contributed by atoms with van der Waals surface area (Å²) in [6, 6.07) is 12.1. The molecular weight excluding hydrogens is 232 g/mol. The normalized spacial score (nSPS) is 26.3. The molecular formula is C17H28N2. The third-order valence-electron chi connectivity index (χ3n) is 4.42. The van der Waals surface area contributed by atoms with Crippen LogP contribution in [-0.4, -0.2) is 30.6 Å². The average Bonchev–Trinajstić information content (AvgIpc) is 2.46. The average molecular weight is 260 g/mol. The molecule has 0 radical (unpaired) electrons. The van der Waals surface area contributed by atoms with Gasteiger partial charge in [0, 0.05) is 25.2 Å². The van der Waals surface area contributed by atoms with Crippen LogP contribution in [0, 0.1) is 5.92 Å². The van der Waals surface area contributed by atoms with Crippen molar-refractivity contribution in [2.75, 3.05) is 19.6 Å². The van der Waals surface area contributed by atoms with Crippen molar-refractivity contribution >= 4 is 0 Å². The second-order valence-corrected chi connectivity index (χ2v) is 5.91. The van der Waals surface area contributed by atoms with Gasteiger partial charge in [-0.3, -0.25) is 4.90 Å². The zero-order valence-electron chi connectivity index (χ0n) is 12.6. The maximum Gasteiger partial charge on any atom is 0.0320 e. The van der Waals surface area contributed by atoms with E-state index >= 15 is 0 Å². The van der Waals surface area contributed by atoms with Gasteiger partial charge in [-0.15, -0.1) is 0 Å². The maximum absolute atomic E-state index is 3.69. The van der Waals surface area contributed by atoms with Gasteiger partial charge in [-0.25, -0.2) is 0 Å². The van der Waals surface area contributed by atoms with Crippen molar-refractivity contribution in [1.29, 1.82) is 0 Å². The fourth-order valence-corrected chi connectivity index (χ4v) is 3.10. The predicted octanol–water partition coefficient (Wildman–Crippen LogP) is 3.46. The lowest BCUT2D eigenvalue weighted by Gasteiger charge is -2.40. The van der Waals surface area contributed by atoms with Crippen molar-refractivity contribution in [2.45, 2.75) is 45.7 Å². The van der Waals surface area contributed by atoms with E-state index in [4.69, 9.17) is 0 Å². The fraction of sp³-hybridized carbons (Fsp3) is 0.647. The third kappa shape index (κ3) is 3.80. The number of hydrogen-bond donors (Lipinski definition) is 1. The Bertz CT molecular complexity index is 363. The van der Waals surface area contributed by atoms with Crippen LogP contribution in [0.5, 0.6) is 0 Å². The van der Waals surface area contributed by atoms with Gasteiger partial charge in [0.25, 0.3) is 0 Å². The van der Waals surface area contributed by atoms with Crippen molar-refractivity contribution < 1.29 is 0 Å². The monoisotopic (exact) mass is 260 g/mol. The molecule has 1 aromatic rings. The van der Waals surface area contributed by atoms with Crippen LogP contribution in [0.4, 0.5) is 0 Å². The predicted molar refractivity (Wildman–Crippen MR) is 82.3 cm³/mol. The van der Waals surface area contributed by atoms with Crippen molar-refractivity contribution in [3.63, 3.8) is 0 Å². The molecule has 0 bridgehead atoms. The van der Waals surface area contributed by atoms with Crippen molar-refractivity contribution in [3.8, 4) is 0 Å². The SMILES string of the molecule is CCCNC1CCN(C(C)c2ccccc2)CC1C. The summed E-state index contributed by atoms with van der Waals surface area (Å²) in [4.78, 5) is 2.63. The molecule has 1 heterocycles. The molecule has 2 rings (SSSR count). The highest BCUT2D eigenvalue weighted by molar-refractivity contribution is 5.18. The van der Waals surface area contributed by atoms with E-state index in [2.05, 4.69) is 61.3 Å². The molecule has 3 atom stereocenters. The first-order valence-corrected chi connectivity index (χ1v) is 7.74. The molecule has 1 fully saturated rings. The molecule has 106 valence electrons. The molecule has 1 aliphatic heterocycles. The number of nitrogens with zero attached hydrogens (tertiary/aromatic N) is 1. The number of nitrogens with one attached hydrogen (secondary N) is 1. The molecule has 1 aromatic carbocycles. The first-order chi connectivity index (χ1) is 9.22. The number of benzene rings is 1. The minimum absolute atomic E-state index is 0.538. The Morgan fingerprint density at radius 3 is 2.68 bits per heavy atom. The molecule has 0 saturated carbocycles. The molecule has 2 heteroatoms. The summed E-state index contributed by atoms with van der Waals surface area (Å²) >= 11 is 0. The summed E-state index contributed by atoms with van der Waals surface area (Å²) < 4.78 is 0. The van der Waals surface area contributed by atoms with E-state index in [1.54, 1.807) is 0 Å². The summed E-state index contributed by atoms with van der Waals surface area (Å²) in [5, 5.41) is 3.69. The second kappa shape index (κ2) is 7.06. The van der Waals surface area contributed by atoms with E-state index in [0.717, 1.165) is 12.5 Å². The molecule has 19 heavy (non-hydrogen) atoms. The third-order valence-corrected chi connectivity index (χ3v) is 4.42. The molecule has 0 aliphatic carbocycles. The van der Waals surface area contributed by atoms with Gasteiger partial charge < -0.3 is 5.32 Å². The smallest absolute Gasteiger partial charge is 0.0320 e. The van der Waals surface area contributed by atoms with Crippen LogP contribution >= 0.6 is 0 Å². The number of piperidine rings is 1. The van der Waals surface area contributed by atoms with Gasteiger partial charge in [0.15, 0.2) is 0 Å². The highest BCUT2D eigenvalue weighted by Crippen LogP contribution is 2.26. The van der Waals surface area contributed by atoms with E-state index in [-0.39, 0.29) is 0 Å². The first kappa shape index (κ1) is 14.5. The highest BCUT2D eigenvalue weighted by atomic mass is 15.2. The Labute approximate surface area is 118 Å². The summed E-state index contributed by atoms with van der Waals surface area (Å²) in [5.41, 5.74) is 1.44. The first-order valence-electron chi connectivity index (χ1n) is 7.74. The lowest BCUT2D eigenvalue weighted by Crippen LogP contribution is -2.49. The maximum atomic E-state index is 3.69. The zero-order chi connectivity index (χ0) is 13.7. The summed E-state index contributed by atoms with van der Waals surface area (Å²) in [5.74, 6) is 0.742. The van der Waals surface area contributed by atoms with Crippen molar-refractivity contribution in [2.24, 2.45) is 5.92 Å². The molecule has 2 nitrogen and oxygen atoms in total. The number of likely N-dealkylation sites (tertiary alicyclic amines) is 1.